The van der Waals surface area contributed by atoms with Crippen molar-refractivity contribution in [3.05, 3.63) is 94.8 Å². The van der Waals surface area contributed by atoms with Crippen molar-refractivity contribution >= 4 is 29.0 Å². The summed E-state index contributed by atoms with van der Waals surface area (Å²) in [5.41, 5.74) is 6.39. The maximum atomic E-state index is 13.7. The number of amides is 1. The van der Waals surface area contributed by atoms with Crippen molar-refractivity contribution in [2.45, 2.75) is 57.5 Å². The highest BCUT2D eigenvalue weighted by Gasteiger charge is 2.30. The minimum atomic E-state index is -0.818. The minimum absolute atomic E-state index is 0.0127. The quantitative estimate of drug-likeness (QED) is 0.338. The van der Waals surface area contributed by atoms with E-state index in [1.165, 1.54) is 23.3 Å². The molecule has 3 atom stereocenters. The first-order valence-electron chi connectivity index (χ1n) is 13.6. The predicted octanol–water partition coefficient (Wildman–Crippen LogP) is 6.79. The van der Waals surface area contributed by atoms with Crippen LogP contribution in [0.3, 0.4) is 0 Å². The predicted molar refractivity (Wildman–Crippen MR) is 151 cm³/mol. The SMILES string of the molecule is C[C@H](CCC1=Nc2cc(C(=O)N[C@@H]3CCCc4ccccc43)ccc2N(C)C1c1ccc(F)cc1)CC(=O)O. The lowest BCUT2D eigenvalue weighted by Crippen LogP contribution is -2.34. The summed E-state index contributed by atoms with van der Waals surface area (Å²) >= 11 is 0. The van der Waals surface area contributed by atoms with E-state index in [1.807, 2.05) is 44.3 Å². The number of nitrogens with one attached hydrogen (secondary N) is 1. The van der Waals surface area contributed by atoms with E-state index in [-0.39, 0.29) is 36.1 Å². The third-order valence-corrected chi connectivity index (χ3v) is 7.86. The van der Waals surface area contributed by atoms with Crippen LogP contribution in [0.25, 0.3) is 0 Å². The Morgan fingerprint density at radius 3 is 2.67 bits per heavy atom. The van der Waals surface area contributed by atoms with E-state index in [2.05, 4.69) is 22.3 Å². The number of nitrogens with zero attached hydrogens (tertiary/aromatic N) is 2. The smallest absolute Gasteiger partial charge is 0.303 e. The summed E-state index contributed by atoms with van der Waals surface area (Å²) in [6.45, 7) is 1.92. The highest BCUT2D eigenvalue weighted by atomic mass is 19.1. The maximum absolute atomic E-state index is 13.7. The van der Waals surface area contributed by atoms with Crippen molar-refractivity contribution in [1.82, 2.24) is 5.32 Å². The number of fused-ring (bicyclic) bond motifs is 2. The molecular weight excluding hydrogens is 493 g/mol. The number of aliphatic imine (C=N–C) groups is 1. The molecule has 0 saturated heterocycles. The molecule has 2 N–H and O–H groups in total. The zero-order chi connectivity index (χ0) is 27.5. The van der Waals surface area contributed by atoms with E-state index in [1.54, 1.807) is 12.1 Å². The summed E-state index contributed by atoms with van der Waals surface area (Å²) in [5, 5.41) is 12.4. The average Bonchev–Trinajstić information content (AvgIpc) is 2.92. The summed E-state index contributed by atoms with van der Waals surface area (Å²) in [7, 11) is 1.97. The summed E-state index contributed by atoms with van der Waals surface area (Å²) in [4.78, 5) is 31.6. The number of carboxylic acid groups (broad SMARTS) is 1. The third kappa shape index (κ3) is 5.87. The molecule has 5 rings (SSSR count). The van der Waals surface area contributed by atoms with E-state index in [9.17, 15) is 19.1 Å². The number of carbonyl (C=O) groups excluding carboxylic acids is 1. The third-order valence-electron chi connectivity index (χ3n) is 7.86. The van der Waals surface area contributed by atoms with Gasteiger partial charge in [0.05, 0.1) is 23.5 Å². The molecule has 202 valence electrons. The number of aryl methyl sites for hydroxylation is 1. The summed E-state index contributed by atoms with van der Waals surface area (Å²) in [6.07, 6.45) is 4.33. The molecular formula is C32H34FN3O3. The van der Waals surface area contributed by atoms with Gasteiger partial charge in [-0.05, 0) is 85.0 Å². The highest BCUT2D eigenvalue weighted by molar-refractivity contribution is 6.02. The number of hydrogen-bond donors (Lipinski definition) is 2. The number of benzene rings is 3. The van der Waals surface area contributed by atoms with Gasteiger partial charge in [0, 0.05) is 24.7 Å². The Hall–Kier alpha value is -4.00. The van der Waals surface area contributed by atoms with Gasteiger partial charge in [0.2, 0.25) is 0 Å². The Balaban J connectivity index is 1.43. The van der Waals surface area contributed by atoms with E-state index in [0.717, 1.165) is 36.2 Å². The summed E-state index contributed by atoms with van der Waals surface area (Å²) < 4.78 is 13.7. The Labute approximate surface area is 228 Å². The second-order valence-corrected chi connectivity index (χ2v) is 10.7. The van der Waals surface area contributed by atoms with Crippen molar-refractivity contribution in [1.29, 1.82) is 0 Å². The number of carbonyl (C=O) groups is 2. The Bertz CT molecular complexity index is 1400. The van der Waals surface area contributed by atoms with Crippen molar-refractivity contribution in [2.75, 3.05) is 11.9 Å². The van der Waals surface area contributed by atoms with Gasteiger partial charge in [-0.25, -0.2) is 4.39 Å². The number of anilines is 1. The van der Waals surface area contributed by atoms with Crippen LogP contribution in [-0.2, 0) is 11.2 Å². The largest absolute Gasteiger partial charge is 0.481 e. The standard InChI is InChI=1S/C32H34FN3O3/c1-20(18-30(37)38)10-16-27-31(22-11-14-24(33)15-12-22)36(2)29-17-13-23(19-28(29)34-27)32(39)35-26-9-5-7-21-6-3-4-8-25(21)26/h3-4,6,8,11-15,17,19-20,26,31H,5,7,9-10,16,18H2,1-2H3,(H,35,39)(H,37,38)/t20-,26-,31?/m1/s1. The van der Waals surface area contributed by atoms with Crippen LogP contribution >= 0.6 is 0 Å². The van der Waals surface area contributed by atoms with Gasteiger partial charge >= 0.3 is 5.97 Å². The molecule has 3 aromatic carbocycles. The van der Waals surface area contributed by atoms with Crippen LogP contribution < -0.4 is 10.2 Å². The molecule has 0 spiro atoms. The maximum Gasteiger partial charge on any atom is 0.303 e. The van der Waals surface area contributed by atoms with Crippen LogP contribution in [-0.4, -0.2) is 29.7 Å². The van der Waals surface area contributed by atoms with Crippen LogP contribution in [0.4, 0.5) is 15.8 Å². The Morgan fingerprint density at radius 1 is 1.13 bits per heavy atom. The number of carboxylic acids is 1. The average molecular weight is 528 g/mol. The molecule has 7 heteroatoms. The topological polar surface area (TPSA) is 82.0 Å². The van der Waals surface area contributed by atoms with Crippen LogP contribution in [0.1, 0.15) is 78.2 Å². The van der Waals surface area contributed by atoms with Gasteiger partial charge in [-0.1, -0.05) is 43.3 Å². The van der Waals surface area contributed by atoms with Gasteiger partial charge < -0.3 is 15.3 Å². The molecule has 0 aromatic heterocycles. The molecule has 1 heterocycles. The lowest BCUT2D eigenvalue weighted by molar-refractivity contribution is -0.138. The van der Waals surface area contributed by atoms with E-state index in [0.29, 0.717) is 24.1 Å². The first kappa shape index (κ1) is 26.6. The molecule has 0 radical (unpaired) electrons. The van der Waals surface area contributed by atoms with Crippen molar-refractivity contribution < 1.29 is 19.1 Å². The highest BCUT2D eigenvalue weighted by Crippen LogP contribution is 2.41. The zero-order valence-electron chi connectivity index (χ0n) is 22.4. The van der Waals surface area contributed by atoms with E-state index < -0.39 is 5.97 Å². The molecule has 3 aromatic rings. The van der Waals surface area contributed by atoms with Crippen molar-refractivity contribution in [3.8, 4) is 0 Å². The molecule has 6 nitrogen and oxygen atoms in total. The zero-order valence-corrected chi connectivity index (χ0v) is 22.4. The number of halogens is 1. The Kier molecular flexibility index (Phi) is 7.77. The molecule has 0 fully saturated rings. The van der Waals surface area contributed by atoms with Gasteiger partial charge in [0.15, 0.2) is 0 Å². The molecule has 39 heavy (non-hydrogen) atoms. The van der Waals surface area contributed by atoms with Crippen molar-refractivity contribution in [3.63, 3.8) is 0 Å². The fourth-order valence-electron chi connectivity index (χ4n) is 5.82. The Morgan fingerprint density at radius 2 is 1.90 bits per heavy atom. The van der Waals surface area contributed by atoms with E-state index >= 15 is 0 Å². The molecule has 1 amide bonds. The molecule has 1 aliphatic carbocycles. The summed E-state index contributed by atoms with van der Waals surface area (Å²) in [5.74, 6) is -1.26. The fourth-order valence-corrected chi connectivity index (χ4v) is 5.82. The molecule has 1 aliphatic heterocycles. The lowest BCUT2D eigenvalue weighted by atomic mass is 9.87. The second kappa shape index (κ2) is 11.4. The van der Waals surface area contributed by atoms with Gasteiger partial charge in [-0.2, -0.15) is 0 Å². The first-order valence-corrected chi connectivity index (χ1v) is 13.6. The number of rotatable bonds is 8. The number of aliphatic carboxylic acids is 1. The van der Waals surface area contributed by atoms with Gasteiger partial charge in [0.25, 0.3) is 5.91 Å². The normalized spacial score (nSPS) is 18.9. The fraction of sp³-hybridized carbons (Fsp3) is 0.344. The van der Waals surface area contributed by atoms with E-state index in [4.69, 9.17) is 4.99 Å². The minimum Gasteiger partial charge on any atom is -0.481 e. The van der Waals surface area contributed by atoms with Gasteiger partial charge in [-0.3, -0.25) is 14.6 Å². The van der Waals surface area contributed by atoms with Crippen LogP contribution in [0.15, 0.2) is 71.7 Å². The monoisotopic (exact) mass is 527 g/mol. The molecule has 1 unspecified atom stereocenters. The van der Waals surface area contributed by atoms with Crippen LogP contribution in [0.2, 0.25) is 0 Å². The van der Waals surface area contributed by atoms with Crippen molar-refractivity contribution in [2.24, 2.45) is 10.9 Å². The van der Waals surface area contributed by atoms with Crippen LogP contribution in [0, 0.1) is 11.7 Å². The summed E-state index contributed by atoms with van der Waals surface area (Å²) in [6, 6.07) is 20.1. The number of hydrogen-bond acceptors (Lipinski definition) is 4. The lowest BCUT2D eigenvalue weighted by Gasteiger charge is -2.36. The molecule has 2 aliphatic rings. The van der Waals surface area contributed by atoms with Gasteiger partial charge in [0.1, 0.15) is 5.82 Å². The molecule has 0 bridgehead atoms. The first-order chi connectivity index (χ1) is 18.8. The second-order valence-electron chi connectivity index (χ2n) is 10.7. The van der Waals surface area contributed by atoms with Crippen LogP contribution in [0.5, 0.6) is 0 Å². The van der Waals surface area contributed by atoms with Gasteiger partial charge in [-0.15, -0.1) is 0 Å². The molecule has 0 saturated carbocycles.